The van der Waals surface area contributed by atoms with Crippen molar-refractivity contribution in [2.24, 2.45) is 0 Å². The lowest BCUT2D eigenvalue weighted by Gasteiger charge is -2.24. The van der Waals surface area contributed by atoms with Crippen LogP contribution in [0.3, 0.4) is 0 Å². The van der Waals surface area contributed by atoms with Gasteiger partial charge in [-0.3, -0.25) is 0 Å². The van der Waals surface area contributed by atoms with E-state index in [0.717, 1.165) is 16.7 Å². The van der Waals surface area contributed by atoms with Crippen LogP contribution >= 0.6 is 11.6 Å². The van der Waals surface area contributed by atoms with Crippen LogP contribution in [0, 0.1) is 0 Å². The average molecular weight is 261 g/mol. The van der Waals surface area contributed by atoms with E-state index in [1.54, 1.807) is 6.07 Å². The van der Waals surface area contributed by atoms with E-state index >= 15 is 0 Å². The first kappa shape index (κ1) is 13.0. The van der Waals surface area contributed by atoms with Crippen molar-refractivity contribution in [3.05, 3.63) is 53.1 Å². The van der Waals surface area contributed by atoms with Crippen molar-refractivity contribution in [2.75, 3.05) is 0 Å². The highest BCUT2D eigenvalue weighted by atomic mass is 35.5. The molecule has 2 heteroatoms. The largest absolute Gasteiger partial charge is 0.507 e. The van der Waals surface area contributed by atoms with Gasteiger partial charge < -0.3 is 5.11 Å². The summed E-state index contributed by atoms with van der Waals surface area (Å²) >= 11 is 6.06. The molecule has 94 valence electrons. The molecule has 0 saturated heterocycles. The van der Waals surface area contributed by atoms with Gasteiger partial charge in [-0.2, -0.15) is 0 Å². The summed E-state index contributed by atoms with van der Waals surface area (Å²) in [5.41, 5.74) is 2.86. The van der Waals surface area contributed by atoms with Crippen molar-refractivity contribution in [1.29, 1.82) is 0 Å². The minimum absolute atomic E-state index is 0.0758. The second kappa shape index (κ2) is 4.66. The maximum absolute atomic E-state index is 10.2. The molecule has 0 aliphatic heterocycles. The fraction of sp³-hybridized carbons (Fsp3) is 0.250. The molecular formula is C16H17ClO. The monoisotopic (exact) mass is 260 g/mol. The van der Waals surface area contributed by atoms with Crippen molar-refractivity contribution >= 4 is 11.6 Å². The normalized spacial score (nSPS) is 11.6. The van der Waals surface area contributed by atoms with E-state index in [-0.39, 0.29) is 11.2 Å². The molecule has 2 aromatic carbocycles. The summed E-state index contributed by atoms with van der Waals surface area (Å²) in [6.07, 6.45) is 0. The minimum atomic E-state index is -0.0758. The van der Waals surface area contributed by atoms with Gasteiger partial charge in [-0.25, -0.2) is 0 Å². The highest BCUT2D eigenvalue weighted by Gasteiger charge is 2.22. The summed E-state index contributed by atoms with van der Waals surface area (Å²) in [6.45, 7) is 6.35. The molecule has 0 radical (unpaired) electrons. The van der Waals surface area contributed by atoms with Gasteiger partial charge in [-0.15, -0.1) is 0 Å². The molecule has 0 saturated carbocycles. The highest BCUT2D eigenvalue weighted by Crippen LogP contribution is 2.40. The molecule has 18 heavy (non-hydrogen) atoms. The van der Waals surface area contributed by atoms with Crippen molar-refractivity contribution in [2.45, 2.75) is 26.2 Å². The number of aromatic hydroxyl groups is 1. The molecule has 0 aromatic heterocycles. The van der Waals surface area contributed by atoms with Gasteiger partial charge >= 0.3 is 0 Å². The quantitative estimate of drug-likeness (QED) is 0.764. The smallest absolute Gasteiger partial charge is 0.125 e. The van der Waals surface area contributed by atoms with Gasteiger partial charge in [0.15, 0.2) is 0 Å². The minimum Gasteiger partial charge on any atom is -0.507 e. The van der Waals surface area contributed by atoms with Crippen LogP contribution in [0.1, 0.15) is 26.3 Å². The molecular weight excluding hydrogens is 244 g/mol. The second-order valence-electron chi connectivity index (χ2n) is 5.46. The predicted molar refractivity (Wildman–Crippen MR) is 77.3 cm³/mol. The Bertz CT molecular complexity index is 553. The Morgan fingerprint density at radius 3 is 2.17 bits per heavy atom. The lowest BCUT2D eigenvalue weighted by atomic mass is 9.81. The maximum atomic E-state index is 10.2. The first-order valence-electron chi connectivity index (χ1n) is 5.98. The van der Waals surface area contributed by atoms with Gasteiger partial charge in [0.05, 0.1) is 0 Å². The van der Waals surface area contributed by atoms with Crippen LogP contribution in [0.2, 0.25) is 5.02 Å². The number of halogens is 1. The van der Waals surface area contributed by atoms with E-state index < -0.39 is 0 Å². The predicted octanol–water partition coefficient (Wildman–Crippen LogP) is 5.01. The van der Waals surface area contributed by atoms with Gasteiger partial charge in [0, 0.05) is 10.6 Å². The summed E-state index contributed by atoms with van der Waals surface area (Å²) in [5.74, 6) is 0.235. The van der Waals surface area contributed by atoms with Gasteiger partial charge in [0.1, 0.15) is 5.75 Å². The molecule has 1 nitrogen and oxygen atoms in total. The molecule has 2 aromatic rings. The Morgan fingerprint density at radius 1 is 1.00 bits per heavy atom. The SMILES string of the molecule is CC(C)(C)c1cc(Cl)cc(O)c1-c1ccccc1. The van der Waals surface area contributed by atoms with E-state index in [1.165, 1.54) is 0 Å². The number of phenols is 1. The molecule has 0 amide bonds. The molecule has 0 bridgehead atoms. The average Bonchev–Trinajstić information content (AvgIpc) is 2.28. The molecule has 0 aliphatic rings. The van der Waals surface area contributed by atoms with Crippen molar-refractivity contribution in [3.8, 4) is 16.9 Å². The van der Waals surface area contributed by atoms with E-state index in [9.17, 15) is 5.11 Å². The van der Waals surface area contributed by atoms with Crippen LogP contribution in [-0.4, -0.2) is 5.11 Å². The number of hydrogen-bond donors (Lipinski definition) is 1. The zero-order chi connectivity index (χ0) is 13.3. The van der Waals surface area contributed by atoms with Crippen molar-refractivity contribution < 1.29 is 5.11 Å². The van der Waals surface area contributed by atoms with Crippen LogP contribution in [0.25, 0.3) is 11.1 Å². The maximum Gasteiger partial charge on any atom is 0.125 e. The molecule has 1 N–H and O–H groups in total. The Morgan fingerprint density at radius 2 is 1.61 bits per heavy atom. The Labute approximate surface area is 113 Å². The topological polar surface area (TPSA) is 20.2 Å². The third-order valence-electron chi connectivity index (χ3n) is 2.95. The lowest BCUT2D eigenvalue weighted by molar-refractivity contribution is 0.473. The Hall–Kier alpha value is -1.47. The second-order valence-corrected chi connectivity index (χ2v) is 5.90. The van der Waals surface area contributed by atoms with Crippen LogP contribution in [0.5, 0.6) is 5.75 Å². The number of hydrogen-bond acceptors (Lipinski definition) is 1. The lowest BCUT2D eigenvalue weighted by Crippen LogP contribution is -2.12. The van der Waals surface area contributed by atoms with Crippen LogP contribution < -0.4 is 0 Å². The molecule has 0 fully saturated rings. The third kappa shape index (κ3) is 2.51. The Balaban J connectivity index is 2.74. The highest BCUT2D eigenvalue weighted by molar-refractivity contribution is 6.31. The van der Waals surface area contributed by atoms with Gasteiger partial charge in [-0.1, -0.05) is 62.7 Å². The summed E-state index contributed by atoms with van der Waals surface area (Å²) in [6, 6.07) is 13.4. The summed E-state index contributed by atoms with van der Waals surface area (Å²) in [5, 5.41) is 10.8. The zero-order valence-electron chi connectivity index (χ0n) is 10.9. The fourth-order valence-corrected chi connectivity index (χ4v) is 2.30. The summed E-state index contributed by atoms with van der Waals surface area (Å²) in [7, 11) is 0. The standard InChI is InChI=1S/C16H17ClO/c1-16(2,3)13-9-12(17)10-14(18)15(13)11-7-5-4-6-8-11/h4-10,18H,1-3H3. The molecule has 0 unspecified atom stereocenters. The third-order valence-corrected chi connectivity index (χ3v) is 3.17. The van der Waals surface area contributed by atoms with Crippen LogP contribution in [-0.2, 0) is 5.41 Å². The van der Waals surface area contributed by atoms with Gasteiger partial charge in [-0.05, 0) is 28.7 Å². The van der Waals surface area contributed by atoms with E-state index in [1.807, 2.05) is 36.4 Å². The Kier molecular flexibility index (Phi) is 3.36. The molecule has 0 atom stereocenters. The van der Waals surface area contributed by atoms with Crippen molar-refractivity contribution in [3.63, 3.8) is 0 Å². The molecule has 2 rings (SSSR count). The molecule has 0 spiro atoms. The summed E-state index contributed by atoms with van der Waals surface area (Å²) in [4.78, 5) is 0. The van der Waals surface area contributed by atoms with Gasteiger partial charge in [0.25, 0.3) is 0 Å². The molecule has 0 aliphatic carbocycles. The number of benzene rings is 2. The summed E-state index contributed by atoms with van der Waals surface area (Å²) < 4.78 is 0. The van der Waals surface area contributed by atoms with E-state index in [4.69, 9.17) is 11.6 Å². The molecule has 0 heterocycles. The van der Waals surface area contributed by atoms with E-state index in [0.29, 0.717) is 5.02 Å². The van der Waals surface area contributed by atoms with Gasteiger partial charge in [0.2, 0.25) is 0 Å². The van der Waals surface area contributed by atoms with Crippen LogP contribution in [0.4, 0.5) is 0 Å². The van der Waals surface area contributed by atoms with Crippen molar-refractivity contribution in [1.82, 2.24) is 0 Å². The first-order valence-corrected chi connectivity index (χ1v) is 6.36. The zero-order valence-corrected chi connectivity index (χ0v) is 11.6. The van der Waals surface area contributed by atoms with E-state index in [2.05, 4.69) is 20.8 Å². The van der Waals surface area contributed by atoms with Crippen LogP contribution in [0.15, 0.2) is 42.5 Å². The fourth-order valence-electron chi connectivity index (χ4n) is 2.09. The number of rotatable bonds is 1. The first-order chi connectivity index (χ1) is 8.39. The number of phenolic OH excluding ortho intramolecular Hbond substituents is 1.